The first-order chi connectivity index (χ1) is 9.61. The van der Waals surface area contributed by atoms with Crippen LogP contribution in [0, 0.1) is 0 Å². The van der Waals surface area contributed by atoms with Crippen LogP contribution in [0.4, 0.5) is 4.79 Å². The van der Waals surface area contributed by atoms with Gasteiger partial charge < -0.3 is 15.0 Å². The normalized spacial score (nSPS) is 16.0. The van der Waals surface area contributed by atoms with Crippen LogP contribution in [0.15, 0.2) is 12.3 Å². The number of carbonyl (C=O) groups is 2. The van der Waals surface area contributed by atoms with Gasteiger partial charge in [0.25, 0.3) is 5.91 Å². The molecule has 20 heavy (non-hydrogen) atoms. The number of likely N-dealkylation sites (tertiary alicyclic amines) is 1. The SMILES string of the molecule is CCOC(=O)N1CCC(NC(=O)c2ccnn2C)CC1. The lowest BCUT2D eigenvalue weighted by molar-refractivity contribution is 0.0854. The zero-order valence-electron chi connectivity index (χ0n) is 11.8. The Labute approximate surface area is 117 Å². The minimum Gasteiger partial charge on any atom is -0.450 e. The van der Waals surface area contributed by atoms with Crippen molar-refractivity contribution in [2.24, 2.45) is 7.05 Å². The average Bonchev–Trinajstić information content (AvgIpc) is 2.86. The fourth-order valence-corrected chi connectivity index (χ4v) is 2.28. The van der Waals surface area contributed by atoms with Crippen LogP contribution in [0.2, 0.25) is 0 Å². The molecule has 0 aromatic carbocycles. The standard InChI is InChI=1S/C13H20N4O3/c1-3-20-13(19)17-8-5-10(6-9-17)15-12(18)11-4-7-14-16(11)2/h4,7,10H,3,5-6,8-9H2,1-2H3,(H,15,18). The van der Waals surface area contributed by atoms with Crippen LogP contribution in [0.1, 0.15) is 30.3 Å². The molecule has 0 bridgehead atoms. The first-order valence-electron chi connectivity index (χ1n) is 6.82. The molecule has 0 unspecified atom stereocenters. The number of piperidine rings is 1. The molecule has 7 heteroatoms. The van der Waals surface area contributed by atoms with Gasteiger partial charge >= 0.3 is 6.09 Å². The van der Waals surface area contributed by atoms with Crippen LogP contribution in [0.5, 0.6) is 0 Å². The van der Waals surface area contributed by atoms with Crippen molar-refractivity contribution in [3.8, 4) is 0 Å². The molecular formula is C13H20N4O3. The van der Waals surface area contributed by atoms with Gasteiger partial charge in [0.2, 0.25) is 0 Å². The van der Waals surface area contributed by atoms with Crippen LogP contribution in [-0.2, 0) is 11.8 Å². The van der Waals surface area contributed by atoms with E-state index in [1.54, 1.807) is 35.8 Å². The van der Waals surface area contributed by atoms with Gasteiger partial charge in [-0.3, -0.25) is 9.48 Å². The molecule has 1 aliphatic heterocycles. The molecule has 1 N–H and O–H groups in total. The van der Waals surface area contributed by atoms with E-state index in [9.17, 15) is 9.59 Å². The molecule has 7 nitrogen and oxygen atoms in total. The van der Waals surface area contributed by atoms with Gasteiger partial charge in [0.1, 0.15) is 5.69 Å². The maximum atomic E-state index is 12.0. The van der Waals surface area contributed by atoms with Crippen molar-refractivity contribution >= 4 is 12.0 Å². The maximum absolute atomic E-state index is 12.0. The number of carbonyl (C=O) groups excluding carboxylic acids is 2. The first kappa shape index (κ1) is 14.4. The van der Waals surface area contributed by atoms with Gasteiger partial charge in [-0.25, -0.2) is 4.79 Å². The number of nitrogens with one attached hydrogen (secondary N) is 1. The lowest BCUT2D eigenvalue weighted by Gasteiger charge is -2.31. The minimum absolute atomic E-state index is 0.0862. The van der Waals surface area contributed by atoms with E-state index in [0.717, 1.165) is 12.8 Å². The summed E-state index contributed by atoms with van der Waals surface area (Å²) in [5, 5.41) is 6.95. The molecule has 0 aliphatic carbocycles. The van der Waals surface area contributed by atoms with E-state index in [1.807, 2.05) is 0 Å². The van der Waals surface area contributed by atoms with Gasteiger partial charge in [-0.2, -0.15) is 5.10 Å². The van der Waals surface area contributed by atoms with E-state index in [2.05, 4.69) is 10.4 Å². The second kappa shape index (κ2) is 6.40. The van der Waals surface area contributed by atoms with Crippen LogP contribution in [0.25, 0.3) is 0 Å². The second-order valence-electron chi connectivity index (χ2n) is 4.77. The molecule has 2 heterocycles. The van der Waals surface area contributed by atoms with Crippen molar-refractivity contribution in [1.82, 2.24) is 20.0 Å². The Kier molecular flexibility index (Phi) is 4.60. The highest BCUT2D eigenvalue weighted by Gasteiger charge is 2.25. The first-order valence-corrected chi connectivity index (χ1v) is 6.82. The molecule has 0 saturated carbocycles. The number of rotatable bonds is 3. The van der Waals surface area contributed by atoms with E-state index >= 15 is 0 Å². The number of amides is 2. The predicted molar refractivity (Wildman–Crippen MR) is 72.3 cm³/mol. The van der Waals surface area contributed by atoms with E-state index in [-0.39, 0.29) is 18.0 Å². The molecule has 1 aliphatic rings. The van der Waals surface area contributed by atoms with Gasteiger partial charge in [0, 0.05) is 32.4 Å². The Bertz CT molecular complexity index is 478. The van der Waals surface area contributed by atoms with Gasteiger partial charge in [0.05, 0.1) is 6.61 Å². The van der Waals surface area contributed by atoms with Crippen LogP contribution in [0.3, 0.4) is 0 Å². The summed E-state index contributed by atoms with van der Waals surface area (Å²) in [6.07, 6.45) is 2.80. The van der Waals surface area contributed by atoms with E-state index in [1.165, 1.54) is 0 Å². The van der Waals surface area contributed by atoms with Crippen molar-refractivity contribution in [2.45, 2.75) is 25.8 Å². The average molecular weight is 280 g/mol. The Morgan fingerprint density at radius 2 is 2.15 bits per heavy atom. The van der Waals surface area contributed by atoms with Gasteiger partial charge in [-0.15, -0.1) is 0 Å². The molecule has 110 valence electrons. The van der Waals surface area contributed by atoms with Gasteiger partial charge in [0.15, 0.2) is 0 Å². The molecule has 2 rings (SSSR count). The molecule has 1 saturated heterocycles. The molecule has 1 fully saturated rings. The quantitative estimate of drug-likeness (QED) is 0.887. The van der Waals surface area contributed by atoms with E-state index < -0.39 is 0 Å². The highest BCUT2D eigenvalue weighted by atomic mass is 16.6. The number of hydrogen-bond donors (Lipinski definition) is 1. The Morgan fingerprint density at radius 3 is 2.70 bits per heavy atom. The monoisotopic (exact) mass is 280 g/mol. The molecule has 1 aromatic rings. The van der Waals surface area contributed by atoms with Crippen molar-refractivity contribution in [1.29, 1.82) is 0 Å². The Hall–Kier alpha value is -2.05. The van der Waals surface area contributed by atoms with Crippen molar-refractivity contribution in [2.75, 3.05) is 19.7 Å². The van der Waals surface area contributed by atoms with Crippen LogP contribution >= 0.6 is 0 Å². The van der Waals surface area contributed by atoms with E-state index in [4.69, 9.17) is 4.74 Å². The minimum atomic E-state index is -0.274. The van der Waals surface area contributed by atoms with Gasteiger partial charge in [-0.1, -0.05) is 0 Å². The maximum Gasteiger partial charge on any atom is 0.409 e. The Balaban J connectivity index is 1.81. The summed E-state index contributed by atoms with van der Waals surface area (Å²) >= 11 is 0. The molecule has 0 radical (unpaired) electrons. The van der Waals surface area contributed by atoms with Crippen molar-refractivity contribution in [3.05, 3.63) is 18.0 Å². The summed E-state index contributed by atoms with van der Waals surface area (Å²) in [6.45, 7) is 3.39. The molecule has 2 amide bonds. The highest BCUT2D eigenvalue weighted by Crippen LogP contribution is 2.12. The summed E-state index contributed by atoms with van der Waals surface area (Å²) in [5.41, 5.74) is 0.540. The van der Waals surface area contributed by atoms with Crippen LogP contribution in [-0.4, -0.2) is 52.4 Å². The summed E-state index contributed by atoms with van der Waals surface area (Å²) in [7, 11) is 1.73. The number of hydrogen-bond acceptors (Lipinski definition) is 4. The second-order valence-corrected chi connectivity index (χ2v) is 4.77. The summed E-state index contributed by atoms with van der Waals surface area (Å²) in [4.78, 5) is 25.3. The largest absolute Gasteiger partial charge is 0.450 e. The van der Waals surface area contributed by atoms with Gasteiger partial charge in [-0.05, 0) is 25.8 Å². The zero-order chi connectivity index (χ0) is 14.5. The lowest BCUT2D eigenvalue weighted by Crippen LogP contribution is -2.47. The molecule has 1 aromatic heterocycles. The number of nitrogens with zero attached hydrogens (tertiary/aromatic N) is 3. The fourth-order valence-electron chi connectivity index (χ4n) is 2.28. The third-order valence-corrected chi connectivity index (χ3v) is 3.41. The molecular weight excluding hydrogens is 260 g/mol. The molecule has 0 atom stereocenters. The summed E-state index contributed by atoms with van der Waals surface area (Å²) < 4.78 is 6.51. The van der Waals surface area contributed by atoms with E-state index in [0.29, 0.717) is 25.4 Å². The number of aromatic nitrogens is 2. The van der Waals surface area contributed by atoms with Crippen molar-refractivity contribution in [3.63, 3.8) is 0 Å². The smallest absolute Gasteiger partial charge is 0.409 e. The summed E-state index contributed by atoms with van der Waals surface area (Å²) in [5.74, 6) is -0.125. The third-order valence-electron chi connectivity index (χ3n) is 3.41. The zero-order valence-corrected chi connectivity index (χ0v) is 11.8. The third kappa shape index (κ3) is 3.28. The predicted octanol–water partition coefficient (Wildman–Crippen LogP) is 0.771. The van der Waals surface area contributed by atoms with Crippen LogP contribution < -0.4 is 5.32 Å². The van der Waals surface area contributed by atoms with Crippen molar-refractivity contribution < 1.29 is 14.3 Å². The fraction of sp³-hybridized carbons (Fsp3) is 0.615. The summed E-state index contributed by atoms with van der Waals surface area (Å²) in [6, 6.07) is 1.77. The Morgan fingerprint density at radius 1 is 1.45 bits per heavy atom. The number of ether oxygens (including phenoxy) is 1. The molecule has 0 spiro atoms. The highest BCUT2D eigenvalue weighted by molar-refractivity contribution is 5.92. The number of aryl methyl sites for hydroxylation is 1. The lowest BCUT2D eigenvalue weighted by atomic mass is 10.1. The topological polar surface area (TPSA) is 76.5 Å².